The molecule has 3 saturated heterocycles. The molecule has 3 aliphatic rings. The number of fused-ring (bicyclic) bond motifs is 1. The Balaban J connectivity index is 1.23. The van der Waals surface area contributed by atoms with Gasteiger partial charge in [0.05, 0.1) is 34.0 Å². The highest BCUT2D eigenvalue weighted by molar-refractivity contribution is 5.89. The van der Waals surface area contributed by atoms with Gasteiger partial charge in [-0.1, -0.05) is 0 Å². The molecule has 3 aromatic carbocycles. The van der Waals surface area contributed by atoms with Crippen molar-refractivity contribution in [1.29, 1.82) is 0 Å². The normalized spacial score (nSPS) is 31.6. The molecule has 4 heterocycles. The van der Waals surface area contributed by atoms with E-state index in [1.807, 2.05) is 0 Å². The Hall–Kier alpha value is -5.88. The van der Waals surface area contributed by atoms with E-state index in [0.717, 1.165) is 18.2 Å². The maximum atomic E-state index is 14.5. The number of benzene rings is 3. The van der Waals surface area contributed by atoms with Gasteiger partial charge in [0.25, 0.3) is 0 Å². The van der Waals surface area contributed by atoms with E-state index in [-0.39, 0.29) is 34.3 Å². The van der Waals surface area contributed by atoms with Crippen molar-refractivity contribution in [2.24, 2.45) is 0 Å². The first kappa shape index (κ1) is 51.0. The third-order valence-corrected chi connectivity index (χ3v) is 11.5. The van der Waals surface area contributed by atoms with Gasteiger partial charge in [-0.25, -0.2) is 4.79 Å². The van der Waals surface area contributed by atoms with E-state index in [9.17, 15) is 76.0 Å². The van der Waals surface area contributed by atoms with E-state index in [0.29, 0.717) is 5.56 Å². The molecule has 3 fully saturated rings. The number of methoxy groups -OCH3 is 2. The zero-order valence-electron chi connectivity index (χ0n) is 36.3. The first-order valence-corrected chi connectivity index (χ1v) is 20.9. The number of ether oxygens (including phenoxy) is 9. The molecule has 0 radical (unpaired) electrons. The Bertz CT molecular complexity index is 2490. The van der Waals surface area contributed by atoms with Crippen molar-refractivity contribution in [3.8, 4) is 51.6 Å². The van der Waals surface area contributed by atoms with Gasteiger partial charge in [-0.15, -0.1) is 0 Å². The maximum absolute atomic E-state index is 14.5. The molecule has 25 nitrogen and oxygen atoms in total. The van der Waals surface area contributed by atoms with Crippen LogP contribution < -0.4 is 24.4 Å². The van der Waals surface area contributed by atoms with Crippen LogP contribution in [0.4, 0.5) is 0 Å². The van der Waals surface area contributed by atoms with Crippen molar-refractivity contribution >= 4 is 23.0 Å². The number of esters is 1. The molecule has 69 heavy (non-hydrogen) atoms. The maximum Gasteiger partial charge on any atom is 0.331 e. The number of hydrogen-bond acceptors (Lipinski definition) is 25. The van der Waals surface area contributed by atoms with Crippen molar-refractivity contribution in [2.75, 3.05) is 34.0 Å². The molecule has 0 bridgehead atoms. The second kappa shape index (κ2) is 21.4. The van der Waals surface area contributed by atoms with Crippen LogP contribution in [0, 0.1) is 0 Å². The van der Waals surface area contributed by atoms with Crippen molar-refractivity contribution < 1.29 is 118 Å². The molecule has 25 heteroatoms. The first-order valence-electron chi connectivity index (χ1n) is 20.9. The van der Waals surface area contributed by atoms with Crippen LogP contribution in [0.25, 0.3) is 28.4 Å². The lowest BCUT2D eigenvalue weighted by Crippen LogP contribution is -2.65. The van der Waals surface area contributed by atoms with Crippen molar-refractivity contribution in [1.82, 2.24) is 0 Å². The largest absolute Gasteiger partial charge is 0.508 e. The summed E-state index contributed by atoms with van der Waals surface area (Å²) < 4.78 is 56.3. The SMILES string of the molecule is COc1cc(C=CC(=O)O[C@H]2[C@H](Oc3cc(O)c4c(=O)c(O[C@@H]5O[C@H](CO)[C@@H](O)[C@H](O)[C@H]5O[C@@H]5O[C@H](CO)[C@@H](O)[C@H](O)[C@H]5O)c(-c5ccc(O)cc5)oc4c3)O[C@H](CO)[C@@H](O)[C@@H]2O)cc(OC)c1O. The highest BCUT2D eigenvalue weighted by Gasteiger charge is 2.52. The molecule has 4 aromatic rings. The predicted molar refractivity (Wildman–Crippen MR) is 227 cm³/mol. The highest BCUT2D eigenvalue weighted by atomic mass is 16.8. The highest BCUT2D eigenvalue weighted by Crippen LogP contribution is 2.40. The van der Waals surface area contributed by atoms with Crippen molar-refractivity contribution in [2.45, 2.75) is 92.1 Å². The van der Waals surface area contributed by atoms with Gasteiger partial charge in [0, 0.05) is 23.8 Å². The van der Waals surface area contributed by atoms with Gasteiger partial charge in [-0.3, -0.25) is 4.79 Å². The molecule has 1 aromatic heterocycles. The minimum atomic E-state index is -2.05. The summed E-state index contributed by atoms with van der Waals surface area (Å²) in [5, 5.41) is 136. The molecule has 3 aliphatic heterocycles. The van der Waals surface area contributed by atoms with Gasteiger partial charge in [0.2, 0.25) is 29.5 Å². The fraction of sp³-hybridized carbons (Fsp3) is 0.455. The van der Waals surface area contributed by atoms with E-state index in [2.05, 4.69) is 0 Å². The van der Waals surface area contributed by atoms with Gasteiger partial charge >= 0.3 is 5.97 Å². The molecule has 0 unspecified atom stereocenters. The summed E-state index contributed by atoms with van der Waals surface area (Å²) >= 11 is 0. The monoisotopic (exact) mass is 978 g/mol. The van der Waals surface area contributed by atoms with Crippen LogP contribution in [0.5, 0.6) is 40.2 Å². The van der Waals surface area contributed by atoms with E-state index in [1.165, 1.54) is 56.7 Å². The minimum Gasteiger partial charge on any atom is -0.508 e. The molecule has 0 amide bonds. The fourth-order valence-electron chi connectivity index (χ4n) is 7.74. The van der Waals surface area contributed by atoms with Crippen LogP contribution in [0.2, 0.25) is 0 Å². The third kappa shape index (κ3) is 10.4. The van der Waals surface area contributed by atoms with E-state index >= 15 is 0 Å². The number of rotatable bonds is 15. The lowest BCUT2D eigenvalue weighted by atomic mass is 9.97. The van der Waals surface area contributed by atoms with Crippen LogP contribution in [0.15, 0.2) is 63.8 Å². The Morgan fingerprint density at radius 2 is 1.19 bits per heavy atom. The lowest BCUT2D eigenvalue weighted by molar-refractivity contribution is -0.358. The first-order chi connectivity index (χ1) is 32.9. The van der Waals surface area contributed by atoms with Gasteiger partial charge in [0.15, 0.2) is 35.8 Å². The summed E-state index contributed by atoms with van der Waals surface area (Å²) in [6.07, 6.45) is -25.5. The van der Waals surface area contributed by atoms with Crippen molar-refractivity contribution in [3.63, 3.8) is 0 Å². The van der Waals surface area contributed by atoms with Gasteiger partial charge in [0.1, 0.15) is 89.3 Å². The standard InChI is InChI=1S/C44H50O25/c1-60-22-9-16(10-23(61-2)29(22)51)3-8-27(50)67-40-35(57)31(53)25(14-46)65-43(40)62-19-11-20(49)28-21(12-19)63-38(17-4-6-18(48)7-5-17)39(33(28)55)68-44-41(36(58)32(54)26(15-47)66-44)69-42-37(59)34(56)30(52)24(13-45)64-42/h3-12,24-26,30-32,34-37,40-49,51-54,56-59H,13-15H2,1-2H3/t24-,25-,26-,30-,31-,32-,34+,35+,36+,37-,40-,41-,42+,43-,44+/m1/s1. The van der Waals surface area contributed by atoms with E-state index < -0.39 is 152 Å². The Kier molecular flexibility index (Phi) is 15.8. The predicted octanol–water partition coefficient (Wildman–Crippen LogP) is -2.96. The lowest BCUT2D eigenvalue weighted by Gasteiger charge is -2.45. The quantitative estimate of drug-likeness (QED) is 0.0418. The number of phenols is 3. The van der Waals surface area contributed by atoms with Crippen LogP contribution in [-0.2, 0) is 28.5 Å². The van der Waals surface area contributed by atoms with E-state index in [1.54, 1.807) is 0 Å². The average Bonchev–Trinajstić information content (AvgIpc) is 3.33. The molecule has 0 saturated carbocycles. The fourth-order valence-corrected chi connectivity index (χ4v) is 7.74. The summed E-state index contributed by atoms with van der Waals surface area (Å²) in [5.41, 5.74) is -1.25. The number of phenolic OH excluding ortho intramolecular Hbond substituents is 3. The van der Waals surface area contributed by atoms with Gasteiger partial charge < -0.3 is 113 Å². The number of aliphatic hydroxyl groups excluding tert-OH is 10. The molecule has 0 aliphatic carbocycles. The molecule has 0 spiro atoms. The minimum absolute atomic E-state index is 0.0156. The molecule has 376 valence electrons. The Morgan fingerprint density at radius 3 is 1.75 bits per heavy atom. The summed E-state index contributed by atoms with van der Waals surface area (Å²) in [6, 6.07) is 9.67. The Morgan fingerprint density at radius 1 is 0.652 bits per heavy atom. The van der Waals surface area contributed by atoms with Crippen LogP contribution in [0.1, 0.15) is 5.56 Å². The topological polar surface area (TPSA) is 393 Å². The number of hydrogen-bond donors (Lipinski definition) is 13. The summed E-state index contributed by atoms with van der Waals surface area (Å²) in [4.78, 5) is 27.7. The zero-order chi connectivity index (χ0) is 50.0. The number of carbonyl (C=O) groups excluding carboxylic acids is 1. The molecular formula is C44H50O25. The molecule has 7 rings (SSSR count). The number of aliphatic hydroxyl groups is 10. The van der Waals surface area contributed by atoms with Crippen LogP contribution in [-0.4, -0.2) is 199 Å². The van der Waals surface area contributed by atoms with Crippen molar-refractivity contribution in [3.05, 3.63) is 70.4 Å². The number of aromatic hydroxyl groups is 3. The zero-order valence-corrected chi connectivity index (χ0v) is 36.3. The second-order valence-electron chi connectivity index (χ2n) is 15.9. The third-order valence-electron chi connectivity index (χ3n) is 11.5. The molecule has 15 atom stereocenters. The van der Waals surface area contributed by atoms with E-state index in [4.69, 9.17) is 47.0 Å². The smallest absolute Gasteiger partial charge is 0.331 e. The summed E-state index contributed by atoms with van der Waals surface area (Å²) in [5.74, 6) is -4.05. The average molecular weight is 979 g/mol. The van der Waals surface area contributed by atoms with Crippen LogP contribution in [0.3, 0.4) is 0 Å². The Labute approximate surface area is 388 Å². The second-order valence-corrected chi connectivity index (χ2v) is 15.9. The molecular weight excluding hydrogens is 928 g/mol. The van der Waals surface area contributed by atoms with Gasteiger partial charge in [-0.05, 0) is 48.0 Å². The summed E-state index contributed by atoms with van der Waals surface area (Å²) in [7, 11) is 2.59. The van der Waals surface area contributed by atoms with Crippen LogP contribution >= 0.6 is 0 Å². The summed E-state index contributed by atoms with van der Waals surface area (Å²) in [6.45, 7) is -2.64. The number of carbonyl (C=O) groups is 1. The molecule has 13 N–H and O–H groups in total. The van der Waals surface area contributed by atoms with Gasteiger partial charge in [-0.2, -0.15) is 0 Å².